The maximum atomic E-state index is 5.56. The Balaban J connectivity index is 1.47. The van der Waals surface area contributed by atoms with E-state index >= 15 is 0 Å². The normalized spacial score (nSPS) is 20.1. The average molecular weight is 342 g/mol. The second kappa shape index (κ2) is 7.47. The smallest absolute Gasteiger partial charge is 0.226 e. The second-order valence-corrected chi connectivity index (χ2v) is 7.27. The van der Waals surface area contributed by atoms with Gasteiger partial charge >= 0.3 is 0 Å². The monoisotopic (exact) mass is 342 g/mol. The Bertz CT molecular complexity index is 678. The number of likely N-dealkylation sites (N-methyl/N-ethyl adjacent to an activating group) is 1. The van der Waals surface area contributed by atoms with Crippen molar-refractivity contribution in [3.63, 3.8) is 0 Å². The van der Waals surface area contributed by atoms with E-state index in [4.69, 9.17) is 4.74 Å². The second-order valence-electron chi connectivity index (χ2n) is 7.27. The highest BCUT2D eigenvalue weighted by Crippen LogP contribution is 2.33. The van der Waals surface area contributed by atoms with Crippen molar-refractivity contribution in [3.8, 4) is 0 Å². The molecule has 0 radical (unpaired) electrons. The zero-order valence-electron chi connectivity index (χ0n) is 14.8. The highest BCUT2D eigenvalue weighted by molar-refractivity contribution is 5.30. The van der Waals surface area contributed by atoms with Crippen LogP contribution < -0.4 is 4.90 Å². The topological polar surface area (TPSA) is 69.0 Å². The number of nitrogens with zero attached hydrogens (tertiary/aromatic N) is 6. The minimum absolute atomic E-state index is 0.570. The molecule has 7 heteroatoms. The summed E-state index contributed by atoms with van der Waals surface area (Å²) in [4.78, 5) is 10.7. The van der Waals surface area contributed by atoms with Crippen LogP contribution in [0.2, 0.25) is 0 Å². The van der Waals surface area contributed by atoms with Gasteiger partial charge in [-0.3, -0.25) is 14.5 Å². The van der Waals surface area contributed by atoms with Gasteiger partial charge in [0.05, 0.1) is 12.3 Å². The van der Waals surface area contributed by atoms with Crippen LogP contribution in [0.1, 0.15) is 30.8 Å². The van der Waals surface area contributed by atoms with Crippen molar-refractivity contribution in [2.75, 3.05) is 31.7 Å². The Morgan fingerprint density at radius 2 is 2.12 bits per heavy atom. The first-order chi connectivity index (χ1) is 12.3. The number of hydrogen-bond acceptors (Lipinski definition) is 6. The van der Waals surface area contributed by atoms with Crippen LogP contribution in [0.4, 0.5) is 5.95 Å². The average Bonchev–Trinajstić information content (AvgIpc) is 3.14. The molecule has 134 valence electrons. The quantitative estimate of drug-likeness (QED) is 0.728. The van der Waals surface area contributed by atoms with Gasteiger partial charge in [0.15, 0.2) is 0 Å². The van der Waals surface area contributed by atoms with Gasteiger partial charge in [0.1, 0.15) is 5.82 Å². The molecule has 0 N–H and O–H groups in total. The predicted octanol–water partition coefficient (Wildman–Crippen LogP) is 1.74. The first-order valence-corrected chi connectivity index (χ1v) is 9.25. The standard InChI is InChI=1S/C18H26N6O/c1-23(8-4-16-11-19-6-7-20-16)18-22-21-17(10-14-2-3-14)24(18)12-15-5-9-25-13-15/h6-7,11,14-15H,2-5,8-10,12-13H2,1H3. The highest BCUT2D eigenvalue weighted by atomic mass is 16.5. The Kier molecular flexibility index (Phi) is 4.92. The molecule has 25 heavy (non-hydrogen) atoms. The largest absolute Gasteiger partial charge is 0.381 e. The summed E-state index contributed by atoms with van der Waals surface area (Å²) in [6, 6.07) is 0. The number of anilines is 1. The molecule has 2 aromatic rings. The third kappa shape index (κ3) is 4.15. The number of hydrogen-bond donors (Lipinski definition) is 0. The van der Waals surface area contributed by atoms with E-state index in [9.17, 15) is 0 Å². The Morgan fingerprint density at radius 1 is 1.20 bits per heavy atom. The molecule has 3 heterocycles. The maximum Gasteiger partial charge on any atom is 0.226 e. The van der Waals surface area contributed by atoms with Crippen molar-refractivity contribution in [3.05, 3.63) is 30.1 Å². The molecule has 2 aromatic heterocycles. The third-order valence-corrected chi connectivity index (χ3v) is 5.10. The SMILES string of the molecule is CN(CCc1cnccn1)c1nnc(CC2CC2)n1CC1CCOC1. The summed E-state index contributed by atoms with van der Waals surface area (Å²) in [5.41, 5.74) is 1.00. The molecular weight excluding hydrogens is 316 g/mol. The first-order valence-electron chi connectivity index (χ1n) is 9.25. The molecule has 0 bridgehead atoms. The molecule has 4 rings (SSSR count). The van der Waals surface area contributed by atoms with Crippen LogP contribution in [-0.2, 0) is 24.1 Å². The fourth-order valence-corrected chi connectivity index (χ4v) is 3.35. The molecule has 1 aliphatic heterocycles. The van der Waals surface area contributed by atoms with Crippen LogP contribution >= 0.6 is 0 Å². The lowest BCUT2D eigenvalue weighted by Gasteiger charge is -2.21. The fraction of sp³-hybridized carbons (Fsp3) is 0.667. The molecular formula is C18H26N6O. The maximum absolute atomic E-state index is 5.56. The lowest BCUT2D eigenvalue weighted by Crippen LogP contribution is -2.26. The molecule has 1 saturated heterocycles. The molecule has 0 amide bonds. The minimum atomic E-state index is 0.570. The van der Waals surface area contributed by atoms with E-state index in [1.165, 1.54) is 12.8 Å². The Hall–Kier alpha value is -2.02. The fourth-order valence-electron chi connectivity index (χ4n) is 3.35. The van der Waals surface area contributed by atoms with E-state index < -0.39 is 0 Å². The van der Waals surface area contributed by atoms with Gasteiger partial charge in [-0.1, -0.05) is 0 Å². The molecule has 1 atom stereocenters. The van der Waals surface area contributed by atoms with E-state index in [1.807, 2.05) is 6.20 Å². The van der Waals surface area contributed by atoms with Crippen molar-refractivity contribution in [1.82, 2.24) is 24.7 Å². The van der Waals surface area contributed by atoms with Crippen molar-refractivity contribution >= 4 is 5.95 Å². The molecule has 0 aromatic carbocycles. The van der Waals surface area contributed by atoms with Crippen LogP contribution in [0.3, 0.4) is 0 Å². The number of ether oxygens (including phenoxy) is 1. The van der Waals surface area contributed by atoms with Gasteiger partial charge in [0, 0.05) is 64.1 Å². The number of rotatable bonds is 8. The zero-order chi connectivity index (χ0) is 17.1. The minimum Gasteiger partial charge on any atom is -0.381 e. The van der Waals surface area contributed by atoms with Gasteiger partial charge in [0.2, 0.25) is 5.95 Å². The van der Waals surface area contributed by atoms with Gasteiger partial charge in [-0.25, -0.2) is 0 Å². The lowest BCUT2D eigenvalue weighted by molar-refractivity contribution is 0.182. The van der Waals surface area contributed by atoms with Gasteiger partial charge in [-0.15, -0.1) is 10.2 Å². The summed E-state index contributed by atoms with van der Waals surface area (Å²) in [6.07, 6.45) is 11.0. The summed E-state index contributed by atoms with van der Waals surface area (Å²) in [5.74, 6) is 3.48. The van der Waals surface area contributed by atoms with Crippen molar-refractivity contribution in [2.45, 2.75) is 38.6 Å². The Morgan fingerprint density at radius 3 is 2.84 bits per heavy atom. The van der Waals surface area contributed by atoms with Gasteiger partial charge in [-0.2, -0.15) is 0 Å². The molecule has 1 saturated carbocycles. The zero-order valence-corrected chi connectivity index (χ0v) is 14.8. The first kappa shape index (κ1) is 16.4. The summed E-state index contributed by atoms with van der Waals surface area (Å²) < 4.78 is 7.89. The summed E-state index contributed by atoms with van der Waals surface area (Å²) in [6.45, 7) is 3.54. The molecule has 1 aliphatic carbocycles. The van der Waals surface area contributed by atoms with Gasteiger partial charge < -0.3 is 9.64 Å². The van der Waals surface area contributed by atoms with E-state index in [0.29, 0.717) is 5.92 Å². The van der Waals surface area contributed by atoms with Crippen LogP contribution in [0.5, 0.6) is 0 Å². The van der Waals surface area contributed by atoms with Crippen LogP contribution in [0.15, 0.2) is 18.6 Å². The van der Waals surface area contributed by atoms with E-state index in [0.717, 1.165) is 69.0 Å². The molecule has 7 nitrogen and oxygen atoms in total. The summed E-state index contributed by atoms with van der Waals surface area (Å²) >= 11 is 0. The van der Waals surface area contributed by atoms with Crippen molar-refractivity contribution in [2.24, 2.45) is 11.8 Å². The highest BCUT2D eigenvalue weighted by Gasteiger charge is 2.27. The molecule has 1 unspecified atom stereocenters. The lowest BCUT2D eigenvalue weighted by atomic mass is 10.1. The molecule has 0 spiro atoms. The molecule has 2 aliphatic rings. The van der Waals surface area contributed by atoms with Crippen LogP contribution in [0, 0.1) is 11.8 Å². The van der Waals surface area contributed by atoms with E-state index in [2.05, 4.69) is 36.7 Å². The van der Waals surface area contributed by atoms with Gasteiger partial charge in [0.25, 0.3) is 0 Å². The van der Waals surface area contributed by atoms with Crippen molar-refractivity contribution in [1.29, 1.82) is 0 Å². The van der Waals surface area contributed by atoms with E-state index in [-0.39, 0.29) is 0 Å². The van der Waals surface area contributed by atoms with Crippen LogP contribution in [-0.4, -0.2) is 51.5 Å². The van der Waals surface area contributed by atoms with E-state index in [1.54, 1.807) is 12.4 Å². The van der Waals surface area contributed by atoms with Crippen molar-refractivity contribution < 1.29 is 4.74 Å². The third-order valence-electron chi connectivity index (χ3n) is 5.10. The predicted molar refractivity (Wildman–Crippen MR) is 94.4 cm³/mol. The van der Waals surface area contributed by atoms with Crippen LogP contribution in [0.25, 0.3) is 0 Å². The Labute approximate surface area is 148 Å². The number of aromatic nitrogens is 5. The summed E-state index contributed by atoms with van der Waals surface area (Å²) in [5, 5.41) is 9.03. The van der Waals surface area contributed by atoms with Gasteiger partial charge in [-0.05, 0) is 25.2 Å². The molecule has 2 fully saturated rings. The summed E-state index contributed by atoms with van der Waals surface area (Å²) in [7, 11) is 2.09.